The molecule has 0 aromatic heterocycles. The van der Waals surface area contributed by atoms with E-state index in [4.69, 9.17) is 0 Å². The van der Waals surface area contributed by atoms with Crippen molar-refractivity contribution in [2.45, 2.75) is 58.3 Å². The Bertz CT molecular complexity index is 282. The Kier molecular flexibility index (Phi) is 1.30. The fourth-order valence-corrected chi connectivity index (χ4v) is 6.36. The number of fused-ring (bicyclic) bond motifs is 2. The monoisotopic (exact) mass is 190 g/mol. The summed E-state index contributed by atoms with van der Waals surface area (Å²) in [5, 5.41) is 0. The highest BCUT2D eigenvalue weighted by atomic mass is 14.7. The fourth-order valence-electron chi connectivity index (χ4n) is 6.36. The van der Waals surface area contributed by atoms with Gasteiger partial charge in [-0.1, -0.05) is 13.3 Å². The maximum atomic E-state index is 2.60. The first-order chi connectivity index (χ1) is 6.70. The molecule has 4 saturated carbocycles. The van der Waals surface area contributed by atoms with E-state index in [2.05, 4.69) is 6.92 Å². The molecule has 78 valence electrons. The summed E-state index contributed by atoms with van der Waals surface area (Å²) < 4.78 is 0. The Morgan fingerprint density at radius 3 is 2.79 bits per heavy atom. The Hall–Kier alpha value is 0. The third-order valence-electron chi connectivity index (χ3n) is 6.29. The Morgan fingerprint density at radius 2 is 1.86 bits per heavy atom. The van der Waals surface area contributed by atoms with Crippen LogP contribution < -0.4 is 0 Å². The third-order valence-corrected chi connectivity index (χ3v) is 6.29. The smallest absolute Gasteiger partial charge is 0.0233 e. The third kappa shape index (κ3) is 0.785. The zero-order valence-electron chi connectivity index (χ0n) is 9.39. The molecular weight excluding hydrogens is 168 g/mol. The molecule has 0 aliphatic heterocycles. The van der Waals surface area contributed by atoms with Crippen molar-refractivity contribution < 1.29 is 0 Å². The van der Waals surface area contributed by atoms with Crippen molar-refractivity contribution in [1.29, 1.82) is 0 Å². The van der Waals surface area contributed by atoms with Gasteiger partial charge in [0.15, 0.2) is 0 Å². The molecule has 0 amide bonds. The van der Waals surface area contributed by atoms with Crippen LogP contribution in [0.4, 0.5) is 0 Å². The van der Waals surface area contributed by atoms with Crippen LogP contribution in [0.2, 0.25) is 0 Å². The zero-order valence-corrected chi connectivity index (χ0v) is 9.39. The van der Waals surface area contributed by atoms with Crippen molar-refractivity contribution >= 4 is 0 Å². The minimum atomic E-state index is 0.784. The van der Waals surface area contributed by atoms with Crippen LogP contribution in [-0.2, 0) is 0 Å². The molecule has 4 aliphatic carbocycles. The molecule has 0 heteroatoms. The molecule has 0 nitrogen and oxygen atoms in total. The van der Waals surface area contributed by atoms with Gasteiger partial charge in [-0.2, -0.15) is 0 Å². The summed E-state index contributed by atoms with van der Waals surface area (Å²) in [6.07, 6.45) is 12.8. The Balaban J connectivity index is 1.85. The molecule has 5 unspecified atom stereocenters. The van der Waals surface area contributed by atoms with E-state index >= 15 is 0 Å². The van der Waals surface area contributed by atoms with Crippen LogP contribution in [0.25, 0.3) is 0 Å². The zero-order chi connectivity index (χ0) is 9.39. The lowest BCUT2D eigenvalue weighted by Gasteiger charge is -2.43. The van der Waals surface area contributed by atoms with Gasteiger partial charge in [-0.3, -0.25) is 0 Å². The van der Waals surface area contributed by atoms with Crippen LogP contribution in [0.15, 0.2) is 0 Å². The van der Waals surface area contributed by atoms with E-state index in [1.54, 1.807) is 51.4 Å². The number of rotatable bonds is 0. The van der Waals surface area contributed by atoms with Gasteiger partial charge in [-0.05, 0) is 73.5 Å². The second-order valence-corrected chi connectivity index (χ2v) is 7.26. The van der Waals surface area contributed by atoms with Crippen LogP contribution in [0.5, 0.6) is 0 Å². The van der Waals surface area contributed by atoms with Gasteiger partial charge in [-0.15, -0.1) is 0 Å². The van der Waals surface area contributed by atoms with Crippen molar-refractivity contribution in [3.8, 4) is 0 Å². The van der Waals surface area contributed by atoms with Crippen LogP contribution >= 0.6 is 0 Å². The average molecular weight is 190 g/mol. The van der Waals surface area contributed by atoms with Gasteiger partial charge in [0.1, 0.15) is 0 Å². The maximum Gasteiger partial charge on any atom is -0.0233 e. The minimum absolute atomic E-state index is 0.784. The van der Waals surface area contributed by atoms with Gasteiger partial charge in [-0.25, -0.2) is 0 Å². The Morgan fingerprint density at radius 1 is 1.00 bits per heavy atom. The molecule has 0 aromatic carbocycles. The predicted octanol–water partition coefficient (Wildman–Crippen LogP) is 4.00. The standard InChI is InChI=1S/C14H22/c1-13-6-10-5-11-3-2-4-12(8-13)14(11,7-10)9-13/h10-12H,2-9H2,1H3. The lowest BCUT2D eigenvalue weighted by atomic mass is 9.62. The summed E-state index contributed by atoms with van der Waals surface area (Å²) in [6, 6.07) is 0. The molecule has 4 aliphatic rings. The van der Waals surface area contributed by atoms with Gasteiger partial charge in [0.25, 0.3) is 0 Å². The predicted molar refractivity (Wildman–Crippen MR) is 57.9 cm³/mol. The molecule has 0 saturated heterocycles. The molecule has 0 aromatic rings. The summed E-state index contributed by atoms with van der Waals surface area (Å²) in [6.45, 7) is 2.60. The second-order valence-electron chi connectivity index (χ2n) is 7.26. The van der Waals surface area contributed by atoms with E-state index in [-0.39, 0.29) is 0 Å². The van der Waals surface area contributed by atoms with Crippen LogP contribution in [0.1, 0.15) is 58.3 Å². The molecule has 0 radical (unpaired) electrons. The minimum Gasteiger partial charge on any atom is -0.0596 e. The van der Waals surface area contributed by atoms with Crippen molar-refractivity contribution in [1.82, 2.24) is 0 Å². The topological polar surface area (TPSA) is 0 Å². The summed E-state index contributed by atoms with van der Waals surface area (Å²) in [5.74, 6) is 3.45. The van der Waals surface area contributed by atoms with Gasteiger partial charge >= 0.3 is 0 Å². The van der Waals surface area contributed by atoms with E-state index in [0.717, 1.165) is 28.6 Å². The quantitative estimate of drug-likeness (QED) is 0.541. The second kappa shape index (κ2) is 2.23. The molecule has 1 spiro atoms. The summed E-state index contributed by atoms with van der Waals surface area (Å²) in [4.78, 5) is 0. The molecular formula is C14H22. The van der Waals surface area contributed by atoms with Gasteiger partial charge in [0.2, 0.25) is 0 Å². The van der Waals surface area contributed by atoms with E-state index in [9.17, 15) is 0 Å². The highest BCUT2D eigenvalue weighted by molar-refractivity contribution is 5.14. The molecule has 0 N–H and O–H groups in total. The first-order valence-corrected chi connectivity index (χ1v) is 6.70. The molecule has 5 atom stereocenters. The molecule has 4 fully saturated rings. The lowest BCUT2D eigenvalue weighted by molar-refractivity contribution is 0.0649. The highest BCUT2D eigenvalue weighted by Gasteiger charge is 2.64. The Labute approximate surface area is 87.5 Å². The van der Waals surface area contributed by atoms with E-state index < -0.39 is 0 Å². The first kappa shape index (κ1) is 8.19. The van der Waals surface area contributed by atoms with Crippen LogP contribution in [0, 0.1) is 28.6 Å². The first-order valence-electron chi connectivity index (χ1n) is 6.70. The number of hydrogen-bond donors (Lipinski definition) is 0. The molecule has 3 bridgehead atoms. The van der Waals surface area contributed by atoms with E-state index in [0.29, 0.717) is 0 Å². The van der Waals surface area contributed by atoms with Gasteiger partial charge < -0.3 is 0 Å². The molecule has 14 heavy (non-hydrogen) atoms. The summed E-state index contributed by atoms with van der Waals surface area (Å²) in [5.41, 5.74) is 1.67. The van der Waals surface area contributed by atoms with Crippen LogP contribution in [-0.4, -0.2) is 0 Å². The average Bonchev–Trinajstić information content (AvgIpc) is 2.49. The molecule has 4 rings (SSSR count). The fraction of sp³-hybridized carbons (Fsp3) is 1.00. The maximum absolute atomic E-state index is 2.60. The normalized spacial score (nSPS) is 64.5. The van der Waals surface area contributed by atoms with E-state index in [1.165, 1.54) is 0 Å². The van der Waals surface area contributed by atoms with Crippen LogP contribution in [0.3, 0.4) is 0 Å². The summed E-state index contributed by atoms with van der Waals surface area (Å²) >= 11 is 0. The van der Waals surface area contributed by atoms with Gasteiger partial charge in [0, 0.05) is 0 Å². The van der Waals surface area contributed by atoms with Crippen molar-refractivity contribution in [2.75, 3.05) is 0 Å². The lowest BCUT2D eigenvalue weighted by Crippen LogP contribution is -2.34. The van der Waals surface area contributed by atoms with E-state index in [1.807, 2.05) is 0 Å². The summed E-state index contributed by atoms with van der Waals surface area (Å²) in [7, 11) is 0. The largest absolute Gasteiger partial charge is 0.0596 e. The molecule has 0 heterocycles. The van der Waals surface area contributed by atoms with Crippen molar-refractivity contribution in [3.63, 3.8) is 0 Å². The highest BCUT2D eigenvalue weighted by Crippen LogP contribution is 2.74. The van der Waals surface area contributed by atoms with Crippen molar-refractivity contribution in [2.24, 2.45) is 28.6 Å². The van der Waals surface area contributed by atoms with Crippen molar-refractivity contribution in [3.05, 3.63) is 0 Å². The SMILES string of the molecule is CC12CC3CC4CCCC(C1)C4(C3)C2. The van der Waals surface area contributed by atoms with Gasteiger partial charge in [0.05, 0.1) is 0 Å². The number of hydrogen-bond acceptors (Lipinski definition) is 0.